The zero-order valence-corrected chi connectivity index (χ0v) is 9.66. The first-order valence-electron chi connectivity index (χ1n) is 5.60. The van der Waals surface area contributed by atoms with Gasteiger partial charge in [0.2, 0.25) is 0 Å². The lowest BCUT2D eigenvalue weighted by Gasteiger charge is -2.26. The molecular formula is C13H17NO2. The predicted molar refractivity (Wildman–Crippen MR) is 62.4 cm³/mol. The number of phenolic OH excluding ortho intramolecular Hbond substituents is 1. The number of hydrogen-bond donors (Lipinski definition) is 2. The van der Waals surface area contributed by atoms with Crippen LogP contribution in [0.5, 0.6) is 5.75 Å². The van der Waals surface area contributed by atoms with Crippen LogP contribution >= 0.6 is 0 Å². The van der Waals surface area contributed by atoms with Gasteiger partial charge < -0.3 is 10.4 Å². The number of carbonyl (C=O) groups excluding carboxylic acids is 1. The highest BCUT2D eigenvalue weighted by Crippen LogP contribution is 2.39. The summed E-state index contributed by atoms with van der Waals surface area (Å²) < 4.78 is 0. The van der Waals surface area contributed by atoms with Crippen LogP contribution in [0, 0.1) is 5.92 Å². The maximum Gasteiger partial charge on any atom is 0.251 e. The van der Waals surface area contributed by atoms with Gasteiger partial charge in [0.15, 0.2) is 0 Å². The minimum Gasteiger partial charge on any atom is -0.508 e. The molecule has 1 aromatic carbocycles. The molecule has 0 radical (unpaired) electrons. The molecule has 0 unspecified atom stereocenters. The zero-order chi connectivity index (χ0) is 11.8. The van der Waals surface area contributed by atoms with Gasteiger partial charge in [0.1, 0.15) is 5.75 Å². The monoisotopic (exact) mass is 219 g/mol. The van der Waals surface area contributed by atoms with Crippen LogP contribution in [0.2, 0.25) is 0 Å². The van der Waals surface area contributed by atoms with E-state index in [9.17, 15) is 9.90 Å². The Bertz CT molecular complexity index is 408. The van der Waals surface area contributed by atoms with Gasteiger partial charge in [0.05, 0.1) is 0 Å². The summed E-state index contributed by atoms with van der Waals surface area (Å²) in [5.74, 6) is 0.596. The van der Waals surface area contributed by atoms with E-state index in [-0.39, 0.29) is 17.2 Å². The zero-order valence-electron chi connectivity index (χ0n) is 9.66. The first kappa shape index (κ1) is 11.0. The third-order valence-electron chi connectivity index (χ3n) is 3.14. The van der Waals surface area contributed by atoms with E-state index in [2.05, 4.69) is 5.32 Å². The van der Waals surface area contributed by atoms with Crippen molar-refractivity contribution >= 4 is 5.91 Å². The molecule has 3 nitrogen and oxygen atoms in total. The van der Waals surface area contributed by atoms with Crippen molar-refractivity contribution in [3.8, 4) is 5.75 Å². The van der Waals surface area contributed by atoms with E-state index in [1.165, 1.54) is 18.9 Å². The summed E-state index contributed by atoms with van der Waals surface area (Å²) in [7, 11) is 0. The SMILES string of the molecule is CC(C)(NC(=O)c1cccc(O)c1)C1CC1. The molecule has 0 spiro atoms. The number of rotatable bonds is 3. The van der Waals surface area contributed by atoms with Crippen molar-refractivity contribution < 1.29 is 9.90 Å². The number of phenols is 1. The van der Waals surface area contributed by atoms with Gasteiger partial charge >= 0.3 is 0 Å². The standard InChI is InChI=1S/C13H17NO2/c1-13(2,10-6-7-10)14-12(16)9-4-3-5-11(15)8-9/h3-5,8,10,15H,6-7H2,1-2H3,(H,14,16). The van der Waals surface area contributed by atoms with Crippen LogP contribution in [0.25, 0.3) is 0 Å². The van der Waals surface area contributed by atoms with Crippen LogP contribution in [0.4, 0.5) is 0 Å². The lowest BCUT2D eigenvalue weighted by Crippen LogP contribution is -2.45. The number of carbonyl (C=O) groups is 1. The van der Waals surface area contributed by atoms with E-state index >= 15 is 0 Å². The summed E-state index contributed by atoms with van der Waals surface area (Å²) in [6.07, 6.45) is 2.38. The van der Waals surface area contributed by atoms with Crippen molar-refractivity contribution in [2.75, 3.05) is 0 Å². The van der Waals surface area contributed by atoms with E-state index in [0.717, 1.165) is 0 Å². The van der Waals surface area contributed by atoms with Crippen molar-refractivity contribution in [3.63, 3.8) is 0 Å². The topological polar surface area (TPSA) is 49.3 Å². The number of nitrogens with one attached hydrogen (secondary N) is 1. The second-order valence-electron chi connectivity index (χ2n) is 5.00. The first-order chi connectivity index (χ1) is 7.49. The minimum absolute atomic E-state index is 0.118. The van der Waals surface area contributed by atoms with Crippen LogP contribution in [0.3, 0.4) is 0 Å². The average Bonchev–Trinajstić information content (AvgIpc) is 3.00. The van der Waals surface area contributed by atoms with Gasteiger partial charge in [-0.15, -0.1) is 0 Å². The summed E-state index contributed by atoms with van der Waals surface area (Å²) >= 11 is 0. The lowest BCUT2D eigenvalue weighted by molar-refractivity contribution is 0.0903. The van der Waals surface area contributed by atoms with Crippen LogP contribution in [-0.2, 0) is 0 Å². The molecular weight excluding hydrogens is 202 g/mol. The predicted octanol–water partition coefficient (Wildman–Crippen LogP) is 2.31. The molecule has 0 bridgehead atoms. The summed E-state index contributed by atoms with van der Waals surface area (Å²) in [5.41, 5.74) is 0.358. The van der Waals surface area contributed by atoms with Gasteiger partial charge in [-0.3, -0.25) is 4.79 Å². The molecule has 1 aliphatic carbocycles. The molecule has 0 saturated heterocycles. The summed E-state index contributed by atoms with van der Waals surface area (Å²) in [6, 6.07) is 6.42. The largest absolute Gasteiger partial charge is 0.508 e. The van der Waals surface area contributed by atoms with Gasteiger partial charge in [0.25, 0.3) is 5.91 Å². The second-order valence-corrected chi connectivity index (χ2v) is 5.00. The quantitative estimate of drug-likeness (QED) is 0.819. The number of amides is 1. The Morgan fingerprint density at radius 2 is 2.12 bits per heavy atom. The average molecular weight is 219 g/mol. The maximum atomic E-state index is 11.9. The molecule has 1 saturated carbocycles. The highest BCUT2D eigenvalue weighted by molar-refractivity contribution is 5.95. The van der Waals surface area contributed by atoms with Crippen LogP contribution in [0.15, 0.2) is 24.3 Å². The molecule has 1 amide bonds. The lowest BCUT2D eigenvalue weighted by atomic mass is 9.98. The van der Waals surface area contributed by atoms with Gasteiger partial charge in [-0.1, -0.05) is 6.07 Å². The third kappa shape index (κ3) is 2.35. The highest BCUT2D eigenvalue weighted by Gasteiger charge is 2.38. The fourth-order valence-corrected chi connectivity index (χ4v) is 1.92. The molecule has 0 aromatic heterocycles. The number of hydrogen-bond acceptors (Lipinski definition) is 2. The molecule has 1 aliphatic rings. The number of aromatic hydroxyl groups is 1. The normalized spacial score (nSPS) is 15.9. The summed E-state index contributed by atoms with van der Waals surface area (Å²) in [6.45, 7) is 4.09. The molecule has 16 heavy (non-hydrogen) atoms. The highest BCUT2D eigenvalue weighted by atomic mass is 16.3. The van der Waals surface area contributed by atoms with Gasteiger partial charge in [-0.2, -0.15) is 0 Å². The minimum atomic E-state index is -0.150. The van der Waals surface area contributed by atoms with E-state index in [4.69, 9.17) is 0 Å². The maximum absolute atomic E-state index is 11.9. The molecule has 1 aromatic rings. The van der Waals surface area contributed by atoms with Crippen molar-refractivity contribution in [1.29, 1.82) is 0 Å². The third-order valence-corrected chi connectivity index (χ3v) is 3.14. The van der Waals surface area contributed by atoms with Crippen LogP contribution < -0.4 is 5.32 Å². The van der Waals surface area contributed by atoms with Crippen LogP contribution in [0.1, 0.15) is 37.0 Å². The molecule has 0 heterocycles. The summed E-state index contributed by atoms with van der Waals surface area (Å²) in [4.78, 5) is 11.9. The van der Waals surface area contributed by atoms with Crippen LogP contribution in [-0.4, -0.2) is 16.6 Å². The molecule has 3 heteroatoms. The number of benzene rings is 1. The van der Waals surface area contributed by atoms with Gasteiger partial charge in [0, 0.05) is 11.1 Å². The van der Waals surface area contributed by atoms with Gasteiger partial charge in [-0.25, -0.2) is 0 Å². The Labute approximate surface area is 95.5 Å². The van der Waals surface area contributed by atoms with Crippen molar-refractivity contribution in [2.45, 2.75) is 32.2 Å². The van der Waals surface area contributed by atoms with E-state index in [1.54, 1.807) is 18.2 Å². The van der Waals surface area contributed by atoms with E-state index < -0.39 is 0 Å². The van der Waals surface area contributed by atoms with Crippen molar-refractivity contribution in [1.82, 2.24) is 5.32 Å². The smallest absolute Gasteiger partial charge is 0.251 e. The second kappa shape index (κ2) is 3.81. The van der Waals surface area contributed by atoms with Crippen molar-refractivity contribution in [3.05, 3.63) is 29.8 Å². The molecule has 1 fully saturated rings. The first-order valence-corrected chi connectivity index (χ1v) is 5.60. The molecule has 86 valence electrons. The summed E-state index contributed by atoms with van der Waals surface area (Å²) in [5, 5.41) is 12.3. The molecule has 0 aliphatic heterocycles. The Kier molecular flexibility index (Phi) is 2.62. The Hall–Kier alpha value is -1.51. The van der Waals surface area contributed by atoms with E-state index in [0.29, 0.717) is 11.5 Å². The van der Waals surface area contributed by atoms with E-state index in [1.807, 2.05) is 13.8 Å². The fraction of sp³-hybridized carbons (Fsp3) is 0.462. The molecule has 2 rings (SSSR count). The Balaban J connectivity index is 2.08. The fourth-order valence-electron chi connectivity index (χ4n) is 1.92. The Morgan fingerprint density at radius 1 is 1.44 bits per heavy atom. The molecule has 0 atom stereocenters. The van der Waals surface area contributed by atoms with Gasteiger partial charge in [-0.05, 0) is 50.8 Å². The molecule has 2 N–H and O–H groups in total. The Morgan fingerprint density at radius 3 is 2.69 bits per heavy atom. The van der Waals surface area contributed by atoms with Crippen molar-refractivity contribution in [2.24, 2.45) is 5.92 Å².